The lowest BCUT2D eigenvalue weighted by atomic mass is 9.94. The van der Waals surface area contributed by atoms with Gasteiger partial charge in [0.05, 0.1) is 18.9 Å². The molecule has 0 saturated heterocycles. The molecule has 0 saturated carbocycles. The van der Waals surface area contributed by atoms with Gasteiger partial charge in [-0.15, -0.1) is 0 Å². The van der Waals surface area contributed by atoms with E-state index in [0.717, 1.165) is 16.3 Å². The number of aliphatic carboxylic acids is 2. The lowest BCUT2D eigenvalue weighted by molar-refractivity contribution is -0.147. The summed E-state index contributed by atoms with van der Waals surface area (Å²) in [5.41, 5.74) is 30.7. The molecule has 111 heavy (non-hydrogen) atoms. The van der Waals surface area contributed by atoms with E-state index in [9.17, 15) is 82.1 Å². The number of carboxylic acids is 2. The monoisotopic (exact) mass is 1580 g/mol. The van der Waals surface area contributed by atoms with Crippen molar-refractivity contribution >= 4 is 122 Å². The lowest BCUT2D eigenvalue weighted by Crippen LogP contribution is -2.62. The molecule has 0 aliphatic carbocycles. The number of carbonyl (C=O) groups excluding carboxylic acids is 13. The van der Waals surface area contributed by atoms with Crippen molar-refractivity contribution in [3.8, 4) is 0 Å². The second-order valence-corrected chi connectivity index (χ2v) is 30.5. The van der Waals surface area contributed by atoms with Crippen molar-refractivity contribution in [1.29, 1.82) is 0 Å². The number of benzene rings is 2. The number of carbonyl (C=O) groups is 15. The first-order valence-electron chi connectivity index (χ1n) is 38.3. The van der Waals surface area contributed by atoms with E-state index in [1.165, 1.54) is 11.8 Å². The van der Waals surface area contributed by atoms with E-state index in [-0.39, 0.29) is 82.7 Å². The molecule has 0 radical (unpaired) electrons. The summed E-state index contributed by atoms with van der Waals surface area (Å²) in [6.45, 7) is 18.4. The number of furan rings is 1. The molecule has 3 rings (SSSR count). The smallest absolute Gasteiger partial charge is 0.326 e. The minimum atomic E-state index is -1.94. The number of carboxylic acid groups (broad SMARTS) is 2. The maximum Gasteiger partial charge on any atom is 0.326 e. The first-order valence-corrected chi connectivity index (χ1v) is 39.7. The Labute approximate surface area is 653 Å². The molecule has 0 unspecified atom stereocenters. The van der Waals surface area contributed by atoms with Gasteiger partial charge in [-0.05, 0) is 143 Å². The topological polar surface area (TPSA) is 572 Å². The zero-order valence-corrected chi connectivity index (χ0v) is 66.8. The molecule has 0 aliphatic heterocycles. The summed E-state index contributed by atoms with van der Waals surface area (Å²) < 4.78 is 6.61. The van der Waals surface area contributed by atoms with Crippen LogP contribution in [0.2, 0.25) is 0 Å². The summed E-state index contributed by atoms with van der Waals surface area (Å²) >= 11 is 1.45. The second kappa shape index (κ2) is 49.0. The fourth-order valence-corrected chi connectivity index (χ4v) is 12.7. The van der Waals surface area contributed by atoms with Crippen molar-refractivity contribution in [2.45, 2.75) is 251 Å². The normalized spacial score (nSPS) is 15.0. The molecule has 620 valence electrons. The Bertz CT molecular complexity index is 3650. The average Bonchev–Trinajstić information content (AvgIpc) is 1.62. The van der Waals surface area contributed by atoms with Crippen molar-refractivity contribution < 1.29 is 86.5 Å². The summed E-state index contributed by atoms with van der Waals surface area (Å²) in [6.07, 6.45) is 3.39. The highest BCUT2D eigenvalue weighted by Crippen LogP contribution is 2.34. The van der Waals surface area contributed by atoms with Crippen LogP contribution in [0.4, 0.5) is 0 Å². The number of nitrogens with two attached hydrogens (primary N) is 5. The number of hydrogen-bond donors (Lipinski definition) is 18. The van der Waals surface area contributed by atoms with Gasteiger partial charge in [0, 0.05) is 30.2 Å². The van der Waals surface area contributed by atoms with E-state index in [1.54, 1.807) is 41.5 Å². The van der Waals surface area contributed by atoms with Crippen LogP contribution in [0.5, 0.6) is 0 Å². The quantitative estimate of drug-likeness (QED) is 0.0349. The van der Waals surface area contributed by atoms with Crippen LogP contribution in [0.25, 0.3) is 21.9 Å². The van der Waals surface area contributed by atoms with Crippen LogP contribution in [0, 0.1) is 29.6 Å². The zero-order chi connectivity index (χ0) is 83.4. The first-order chi connectivity index (χ1) is 52.4. The number of amides is 13. The molecule has 0 spiro atoms. The maximum absolute atomic E-state index is 14.5. The predicted octanol–water partition coefficient (Wildman–Crippen LogP) is 0.904. The van der Waals surface area contributed by atoms with E-state index < -0.39 is 186 Å². The Morgan fingerprint density at radius 2 is 0.874 bits per heavy atom. The molecule has 0 aliphatic rings. The zero-order valence-electron chi connectivity index (χ0n) is 66.0. The number of fused-ring (bicyclic) bond motifs is 3. The van der Waals surface area contributed by atoms with E-state index in [0.29, 0.717) is 74.0 Å². The van der Waals surface area contributed by atoms with Crippen molar-refractivity contribution in [1.82, 2.24) is 58.5 Å². The Hall–Kier alpha value is -9.48. The van der Waals surface area contributed by atoms with E-state index in [4.69, 9.17) is 33.1 Å². The van der Waals surface area contributed by atoms with Gasteiger partial charge in [0.1, 0.15) is 71.6 Å². The molecular weight excluding hydrogens is 1460 g/mol. The highest BCUT2D eigenvalue weighted by atomic mass is 32.2. The van der Waals surface area contributed by atoms with Gasteiger partial charge >= 0.3 is 11.9 Å². The standard InChI is InChI=1S/C76H122N16O18S/c1-12-43(9)62(74(106)92-63(44(10)13-2)75(107)91-61(42(7)8)73(105)85-51(25-15-17-33-78)69(101)87-54(37-41(5)6)71(103)88-55(38-58(81)94)72(104)89-56(76(108)109)39-60(96)97)90-59(95)29-26-45-20-18-22-47-48-23-19-21-46(65(48)110-64(45)47)30-34-82-67(99)53(36-40(3)4)86-68(100)50(24-14-16-32-77)84-70(102)52(31-35-111-11)83-66(98)49(79)27-28-57(80)93/h18-23,40-44,49-56,61-63H,12-17,24-39,77-79H2,1-11H3,(H2,80,93)(H2,81,94)(H,82,99)(H,83,98)(H,84,102)(H,85,105)(H,86,100)(H,87,101)(H,88,103)(H,89,104)(H,90,95)(H,91,107)(H,92,106)(H,96,97)(H,108,109)/t43-,44-,49-,50-,51-,52-,53-,54-,55-,56-,61-,62-,63-/m0/s1. The van der Waals surface area contributed by atoms with Crippen molar-refractivity contribution in [2.24, 2.45) is 58.3 Å². The van der Waals surface area contributed by atoms with Gasteiger partial charge in [0.2, 0.25) is 76.8 Å². The van der Waals surface area contributed by atoms with Gasteiger partial charge in [-0.1, -0.05) is 118 Å². The highest BCUT2D eigenvalue weighted by molar-refractivity contribution is 7.98. The van der Waals surface area contributed by atoms with Crippen LogP contribution in [-0.2, 0) is 84.8 Å². The summed E-state index contributed by atoms with van der Waals surface area (Å²) in [6, 6.07) is -3.24. The van der Waals surface area contributed by atoms with Crippen LogP contribution in [0.3, 0.4) is 0 Å². The molecule has 0 bridgehead atoms. The Morgan fingerprint density at radius 3 is 1.33 bits per heavy atom. The second-order valence-electron chi connectivity index (χ2n) is 29.5. The molecule has 1 heterocycles. The largest absolute Gasteiger partial charge is 0.481 e. The molecule has 34 nitrogen and oxygen atoms in total. The molecule has 35 heteroatoms. The predicted molar refractivity (Wildman–Crippen MR) is 420 cm³/mol. The number of aryl methyl sites for hydroxylation is 1. The minimum absolute atomic E-state index is 0.000859. The third-order valence-electron chi connectivity index (χ3n) is 19.0. The summed E-state index contributed by atoms with van der Waals surface area (Å²) in [5.74, 6) is -14.5. The molecule has 2 aromatic carbocycles. The molecule has 0 fully saturated rings. The number of para-hydroxylation sites is 2. The van der Waals surface area contributed by atoms with Crippen LogP contribution in [0.15, 0.2) is 40.8 Å². The SMILES string of the molecule is CC[C@H](C)[C@H](NC(=O)CCc1cccc2c1oc1c(CCNC(=O)[C@H](CC(C)C)NC(=O)[C@H](CCCCN)NC(=O)[C@H](CCSC)NC(=O)[C@@H](N)CCC(N)=O)cccc12)C(=O)N[C@H](C(=O)N[C@H](C(=O)N[C@@H](CCCCN)C(=O)N[C@@H](CC(C)C)C(=O)N[C@@H](CC(N)=O)C(=O)N[C@@H](CC(=O)O)C(=O)O)C(C)C)[C@@H](C)CC. The summed E-state index contributed by atoms with van der Waals surface area (Å²) in [5, 5.41) is 49.7. The lowest BCUT2D eigenvalue weighted by Gasteiger charge is -2.31. The molecule has 1 aromatic heterocycles. The van der Waals surface area contributed by atoms with Gasteiger partial charge in [0.15, 0.2) is 0 Å². The van der Waals surface area contributed by atoms with Crippen LogP contribution >= 0.6 is 11.8 Å². The van der Waals surface area contributed by atoms with Gasteiger partial charge < -0.3 is 102 Å². The molecule has 3 aromatic rings. The van der Waals surface area contributed by atoms with E-state index >= 15 is 0 Å². The number of primary amides is 2. The molecule has 13 atom stereocenters. The van der Waals surface area contributed by atoms with Crippen molar-refractivity contribution in [3.05, 3.63) is 47.5 Å². The third-order valence-corrected chi connectivity index (χ3v) is 19.7. The number of unbranched alkanes of at least 4 members (excludes halogenated alkanes) is 2. The Morgan fingerprint density at radius 1 is 0.450 bits per heavy atom. The van der Waals surface area contributed by atoms with Gasteiger partial charge in [-0.3, -0.25) is 67.1 Å². The maximum atomic E-state index is 14.5. The number of nitrogens with one attached hydrogen (secondary N) is 11. The van der Waals surface area contributed by atoms with E-state index in [2.05, 4.69) is 53.2 Å². The third kappa shape index (κ3) is 32.8. The van der Waals surface area contributed by atoms with Gasteiger partial charge in [0.25, 0.3) is 0 Å². The average molecular weight is 1580 g/mol. The van der Waals surface area contributed by atoms with Gasteiger partial charge in [-0.25, -0.2) is 4.79 Å². The number of hydrogen-bond acceptors (Lipinski definition) is 20. The molecule has 13 amide bonds. The minimum Gasteiger partial charge on any atom is -0.481 e. The van der Waals surface area contributed by atoms with Gasteiger partial charge in [-0.2, -0.15) is 11.8 Å². The van der Waals surface area contributed by atoms with Crippen LogP contribution in [0.1, 0.15) is 183 Å². The fraction of sp³-hybridized carbons (Fsp3) is 0.645. The summed E-state index contributed by atoms with van der Waals surface area (Å²) in [4.78, 5) is 201. The molecular formula is C76H122N16O18S. The number of thioether (sulfide) groups is 1. The van der Waals surface area contributed by atoms with E-state index in [1.807, 2.05) is 75.7 Å². The van der Waals surface area contributed by atoms with Crippen molar-refractivity contribution in [3.63, 3.8) is 0 Å². The Kier molecular flexibility index (Phi) is 42.3. The van der Waals surface area contributed by atoms with Crippen molar-refractivity contribution in [2.75, 3.05) is 31.6 Å². The van der Waals surface area contributed by atoms with Crippen LogP contribution in [-0.4, -0.2) is 197 Å². The fourth-order valence-electron chi connectivity index (χ4n) is 12.2. The molecule has 23 N–H and O–H groups in total. The van der Waals surface area contributed by atoms with Crippen LogP contribution < -0.4 is 87.2 Å². The highest BCUT2D eigenvalue weighted by Gasteiger charge is 2.39. The first kappa shape index (κ1) is 95.7. The Balaban J connectivity index is 1.82. The number of rotatable bonds is 54. The summed E-state index contributed by atoms with van der Waals surface area (Å²) in [7, 11) is 0.